The molecule has 0 radical (unpaired) electrons. The number of nitrogens with zero attached hydrogens (tertiary/aromatic N) is 1. The first-order chi connectivity index (χ1) is 20.9. The lowest BCUT2D eigenvalue weighted by atomic mass is 9.88. The van der Waals surface area contributed by atoms with Gasteiger partial charge in [-0.25, -0.2) is 25.6 Å². The number of piperidine rings is 1. The third-order valence-corrected chi connectivity index (χ3v) is 12.5. The molecule has 3 fully saturated rings. The van der Waals surface area contributed by atoms with E-state index in [9.17, 15) is 30.7 Å². The van der Waals surface area contributed by atoms with Crippen molar-refractivity contribution in [2.45, 2.75) is 59.1 Å². The number of sulfonamides is 1. The number of sulfone groups is 1. The van der Waals surface area contributed by atoms with Gasteiger partial charge < -0.3 is 19.9 Å². The van der Waals surface area contributed by atoms with Gasteiger partial charge in [-0.15, -0.1) is 0 Å². The van der Waals surface area contributed by atoms with Crippen molar-refractivity contribution in [1.82, 2.24) is 9.62 Å². The summed E-state index contributed by atoms with van der Waals surface area (Å²) in [6, 6.07) is 18.5. The second kappa shape index (κ2) is 11.9. The number of hydrogen-bond acceptors (Lipinski definition) is 8. The standard InChI is InChI=1S/C31H36F2N2O7S2/c32-31(33)16-24(31)21-43(37,38)28-7-3-6-27(15-28)41-20-26(36)18-34-25-17-30(42-19-25)10-12-35(13-11-30)44(39,40)29-9-8-22-4-1-2-5-23(22)14-29/h1-9,14-15,24-26,34,36H,10-13,16-21H2. The minimum atomic E-state index is -3.88. The molecule has 2 aliphatic heterocycles. The molecule has 0 bridgehead atoms. The first-order valence-electron chi connectivity index (χ1n) is 14.7. The van der Waals surface area contributed by atoms with Crippen molar-refractivity contribution in [1.29, 1.82) is 0 Å². The predicted molar refractivity (Wildman–Crippen MR) is 160 cm³/mol. The molecule has 3 unspecified atom stereocenters. The third-order valence-electron chi connectivity index (χ3n) is 8.83. The highest BCUT2D eigenvalue weighted by molar-refractivity contribution is 7.91. The Kier molecular flexibility index (Phi) is 8.48. The van der Waals surface area contributed by atoms with E-state index in [2.05, 4.69) is 5.32 Å². The second-order valence-electron chi connectivity index (χ2n) is 12.1. The van der Waals surface area contributed by atoms with Crippen molar-refractivity contribution in [2.24, 2.45) is 5.92 Å². The van der Waals surface area contributed by atoms with Gasteiger partial charge >= 0.3 is 0 Å². The smallest absolute Gasteiger partial charge is 0.252 e. The van der Waals surface area contributed by atoms with E-state index in [1.54, 1.807) is 18.2 Å². The lowest BCUT2D eigenvalue weighted by Crippen LogP contribution is -2.47. The molecule has 3 aromatic rings. The number of aliphatic hydroxyl groups excluding tert-OH is 1. The van der Waals surface area contributed by atoms with Crippen molar-refractivity contribution in [2.75, 3.05) is 38.6 Å². The molecular formula is C31H36F2N2O7S2. The Hall–Kier alpha value is -2.68. The van der Waals surface area contributed by atoms with Gasteiger partial charge in [0.25, 0.3) is 5.92 Å². The molecule has 44 heavy (non-hydrogen) atoms. The molecule has 1 saturated carbocycles. The van der Waals surface area contributed by atoms with Gasteiger partial charge in [-0.3, -0.25) is 0 Å². The van der Waals surface area contributed by atoms with Crippen LogP contribution in [0.4, 0.5) is 8.78 Å². The molecule has 3 aromatic carbocycles. The number of hydrogen-bond donors (Lipinski definition) is 2. The minimum absolute atomic E-state index is 0.0256. The van der Waals surface area contributed by atoms with Crippen molar-refractivity contribution in [3.63, 3.8) is 0 Å². The number of ether oxygens (including phenoxy) is 2. The molecule has 0 amide bonds. The molecule has 238 valence electrons. The highest BCUT2D eigenvalue weighted by Gasteiger charge is 2.58. The van der Waals surface area contributed by atoms with Gasteiger partial charge in [-0.2, -0.15) is 4.31 Å². The van der Waals surface area contributed by atoms with Crippen LogP contribution >= 0.6 is 0 Å². The van der Waals surface area contributed by atoms with Gasteiger partial charge in [-0.1, -0.05) is 36.4 Å². The predicted octanol–water partition coefficient (Wildman–Crippen LogP) is 3.61. The summed E-state index contributed by atoms with van der Waals surface area (Å²) in [5, 5.41) is 15.6. The molecular weight excluding hydrogens is 614 g/mol. The summed E-state index contributed by atoms with van der Waals surface area (Å²) in [6.07, 6.45) is 0.514. The zero-order valence-corrected chi connectivity index (χ0v) is 25.7. The van der Waals surface area contributed by atoms with Crippen molar-refractivity contribution < 1.29 is 40.2 Å². The molecule has 3 atom stereocenters. The Morgan fingerprint density at radius 1 is 0.955 bits per heavy atom. The van der Waals surface area contributed by atoms with Gasteiger partial charge in [0.2, 0.25) is 10.0 Å². The number of rotatable bonds is 11. The Bertz CT molecular complexity index is 1730. The average molecular weight is 651 g/mol. The fourth-order valence-electron chi connectivity index (χ4n) is 6.06. The summed E-state index contributed by atoms with van der Waals surface area (Å²) < 4.78 is 91.5. The van der Waals surface area contributed by atoms with E-state index in [1.165, 1.54) is 22.5 Å². The maximum atomic E-state index is 13.4. The van der Waals surface area contributed by atoms with Crippen LogP contribution in [0.2, 0.25) is 0 Å². The van der Waals surface area contributed by atoms with E-state index in [0.29, 0.717) is 39.0 Å². The topological polar surface area (TPSA) is 122 Å². The van der Waals surface area contributed by atoms with Crippen molar-refractivity contribution >= 4 is 30.6 Å². The summed E-state index contributed by atoms with van der Waals surface area (Å²) in [5.74, 6) is -4.46. The maximum absolute atomic E-state index is 13.4. The van der Waals surface area contributed by atoms with Crippen LogP contribution < -0.4 is 10.1 Å². The SMILES string of the molecule is O=S(=O)(CC1CC1(F)F)c1cccc(OCC(O)CNC2COC3(CCN(S(=O)(=O)c4ccc5ccccc5c4)CC3)C2)c1. The van der Waals surface area contributed by atoms with Gasteiger partial charge in [0.05, 0.1) is 27.8 Å². The minimum Gasteiger partial charge on any atom is -0.491 e. The zero-order valence-electron chi connectivity index (χ0n) is 24.1. The quantitative estimate of drug-likeness (QED) is 0.323. The first kappa shape index (κ1) is 31.3. The lowest BCUT2D eigenvalue weighted by Gasteiger charge is -2.38. The molecule has 2 heterocycles. The van der Waals surface area contributed by atoms with Crippen LogP contribution in [-0.4, -0.2) is 88.5 Å². The third kappa shape index (κ3) is 6.77. The lowest BCUT2D eigenvalue weighted by molar-refractivity contribution is -0.0312. The highest BCUT2D eigenvalue weighted by Crippen LogP contribution is 2.49. The number of alkyl halides is 2. The van der Waals surface area contributed by atoms with Crippen LogP contribution in [0.3, 0.4) is 0 Å². The molecule has 13 heteroatoms. The monoisotopic (exact) mass is 650 g/mol. The van der Waals surface area contributed by atoms with E-state index in [0.717, 1.165) is 10.8 Å². The summed E-state index contributed by atoms with van der Waals surface area (Å²) in [7, 11) is -7.51. The van der Waals surface area contributed by atoms with Crippen molar-refractivity contribution in [3.05, 3.63) is 66.7 Å². The fraction of sp³-hybridized carbons (Fsp3) is 0.484. The molecule has 2 N–H and O–H groups in total. The molecule has 0 aromatic heterocycles. The maximum Gasteiger partial charge on any atom is 0.252 e. The summed E-state index contributed by atoms with van der Waals surface area (Å²) in [6.45, 7) is 1.26. The Labute approximate surface area is 256 Å². The zero-order chi connectivity index (χ0) is 31.2. The van der Waals surface area contributed by atoms with Crippen LogP contribution in [0.1, 0.15) is 25.7 Å². The van der Waals surface area contributed by atoms with Crippen LogP contribution in [0.25, 0.3) is 10.8 Å². The van der Waals surface area contributed by atoms with Gasteiger partial charge in [0, 0.05) is 38.0 Å². The largest absolute Gasteiger partial charge is 0.491 e. The van der Waals surface area contributed by atoms with E-state index in [4.69, 9.17) is 9.47 Å². The molecule has 6 rings (SSSR count). The number of nitrogens with one attached hydrogen (secondary N) is 1. The van der Waals surface area contributed by atoms with E-state index < -0.39 is 55.6 Å². The van der Waals surface area contributed by atoms with Crippen LogP contribution in [0.5, 0.6) is 5.75 Å². The molecule has 3 aliphatic rings. The van der Waals surface area contributed by atoms with E-state index >= 15 is 0 Å². The first-order valence-corrected chi connectivity index (χ1v) is 17.8. The number of fused-ring (bicyclic) bond motifs is 1. The van der Waals surface area contributed by atoms with Crippen LogP contribution in [0, 0.1) is 5.92 Å². The number of benzene rings is 3. The fourth-order valence-corrected chi connectivity index (χ4v) is 9.20. The van der Waals surface area contributed by atoms with Crippen molar-refractivity contribution in [3.8, 4) is 5.75 Å². The summed E-state index contributed by atoms with van der Waals surface area (Å²) >= 11 is 0. The average Bonchev–Trinajstić information content (AvgIpc) is 3.40. The molecule has 1 spiro atoms. The van der Waals surface area contributed by atoms with E-state index in [1.807, 2.05) is 30.3 Å². The van der Waals surface area contributed by atoms with Gasteiger partial charge in [0.1, 0.15) is 18.5 Å². The molecule has 1 aliphatic carbocycles. The number of halogens is 2. The Morgan fingerprint density at radius 2 is 1.68 bits per heavy atom. The van der Waals surface area contributed by atoms with E-state index in [-0.39, 0.29) is 34.7 Å². The summed E-state index contributed by atoms with van der Waals surface area (Å²) in [5.41, 5.74) is -0.426. The van der Waals surface area contributed by atoms with Gasteiger partial charge in [0.15, 0.2) is 9.84 Å². The Morgan fingerprint density at radius 3 is 2.41 bits per heavy atom. The van der Waals surface area contributed by atoms with Crippen LogP contribution in [-0.2, 0) is 24.6 Å². The summed E-state index contributed by atoms with van der Waals surface area (Å²) in [4.78, 5) is 0.196. The Balaban J connectivity index is 0.956. The number of aliphatic hydroxyl groups is 1. The van der Waals surface area contributed by atoms with Crippen LogP contribution in [0.15, 0.2) is 76.5 Å². The highest BCUT2D eigenvalue weighted by atomic mass is 32.2. The molecule has 9 nitrogen and oxygen atoms in total. The normalized spacial score (nSPS) is 24.0. The molecule has 2 saturated heterocycles. The van der Waals surface area contributed by atoms with Gasteiger partial charge in [-0.05, 0) is 60.4 Å². The second-order valence-corrected chi connectivity index (χ2v) is 16.1.